The number of rotatable bonds is 8. The van der Waals surface area contributed by atoms with E-state index in [2.05, 4.69) is 74.3 Å². The largest absolute Gasteiger partial charge is 0.396 e. The number of ether oxygens (including phenoxy) is 1. The van der Waals surface area contributed by atoms with Gasteiger partial charge in [-0.3, -0.25) is 0 Å². The van der Waals surface area contributed by atoms with Gasteiger partial charge in [-0.2, -0.15) is 0 Å². The van der Waals surface area contributed by atoms with Crippen LogP contribution >= 0.6 is 0 Å². The average Bonchev–Trinajstić information content (AvgIpc) is 2.88. The molecule has 0 aromatic heterocycles. The lowest BCUT2D eigenvalue weighted by atomic mass is 10.00. The summed E-state index contributed by atoms with van der Waals surface area (Å²) in [6.45, 7) is 31.1. The lowest BCUT2D eigenvalue weighted by Crippen LogP contribution is -2.28. The minimum Gasteiger partial charge on any atom is -0.396 e. The molecule has 0 bridgehead atoms. The number of methoxy groups -OCH3 is 1. The van der Waals surface area contributed by atoms with Crippen LogP contribution in [0.1, 0.15) is 154 Å². The fourth-order valence-corrected chi connectivity index (χ4v) is 2.11. The second-order valence-corrected chi connectivity index (χ2v) is 11.1. The highest BCUT2D eigenvalue weighted by molar-refractivity contribution is 4.68. The average molecular weight is 550 g/mol. The summed E-state index contributed by atoms with van der Waals surface area (Å²) in [6, 6.07) is 0. The Morgan fingerprint density at radius 1 is 0.868 bits per heavy atom. The molecular weight excluding hydrogens is 470 g/mol. The Hall–Kier alpha value is -0.420. The molecule has 238 valence electrons. The summed E-state index contributed by atoms with van der Waals surface area (Å²) in [7, 11) is 3.91. The van der Waals surface area contributed by atoms with Crippen molar-refractivity contribution in [1.29, 1.82) is 0 Å². The third-order valence-corrected chi connectivity index (χ3v) is 5.44. The number of unbranched alkanes of at least 4 members (excludes halogenated alkanes) is 2. The van der Waals surface area contributed by atoms with Gasteiger partial charge in [-0.15, -0.1) is 0 Å². The molecule has 1 heterocycles. The first-order chi connectivity index (χ1) is 17.8. The quantitative estimate of drug-likeness (QED) is 0.296. The van der Waals surface area contributed by atoms with Gasteiger partial charge < -0.3 is 19.8 Å². The van der Waals surface area contributed by atoms with E-state index < -0.39 is 5.60 Å². The fraction of sp³-hybridized carbons (Fsp3) is 0.941. The van der Waals surface area contributed by atoms with Crippen molar-refractivity contribution in [2.45, 2.75) is 160 Å². The molecule has 0 atom stereocenters. The van der Waals surface area contributed by atoms with Crippen molar-refractivity contribution >= 4 is 0 Å². The zero-order valence-corrected chi connectivity index (χ0v) is 29.5. The second kappa shape index (κ2) is 46.4. The number of aliphatic hydroxyl groups is 2. The van der Waals surface area contributed by atoms with Crippen LogP contribution in [0, 0.1) is 11.8 Å². The Kier molecular flexibility index (Phi) is 61.6. The molecular formula is C34H79NO3. The zero-order valence-electron chi connectivity index (χ0n) is 29.5. The maximum Gasteiger partial charge on any atom is 0.0591 e. The Balaban J connectivity index is -0.0000000800. The number of likely N-dealkylation sites (tertiary alicyclic amines) is 1. The Labute approximate surface area is 244 Å². The van der Waals surface area contributed by atoms with Gasteiger partial charge in [0.15, 0.2) is 0 Å². The lowest BCUT2D eigenvalue weighted by Gasteiger charge is -2.26. The maximum atomic E-state index is 9.02. The molecule has 0 aromatic rings. The normalized spacial score (nSPS) is 13.0. The van der Waals surface area contributed by atoms with Gasteiger partial charge in [0.05, 0.1) is 5.60 Å². The van der Waals surface area contributed by atoms with E-state index in [1.807, 2.05) is 39.8 Å². The van der Waals surface area contributed by atoms with E-state index >= 15 is 0 Å². The predicted octanol–water partition coefficient (Wildman–Crippen LogP) is 10.2. The first kappa shape index (κ1) is 50.4. The first-order valence-corrected chi connectivity index (χ1v) is 15.9. The maximum absolute atomic E-state index is 9.02. The molecule has 1 fully saturated rings. The molecule has 0 aliphatic carbocycles. The number of hydrogen-bond donors (Lipinski definition) is 2. The molecule has 1 aliphatic heterocycles. The monoisotopic (exact) mass is 550 g/mol. The summed E-state index contributed by atoms with van der Waals surface area (Å²) in [4.78, 5) is 2.40. The van der Waals surface area contributed by atoms with Crippen molar-refractivity contribution in [1.82, 2.24) is 4.90 Å². The molecule has 4 nitrogen and oxygen atoms in total. The third kappa shape index (κ3) is 91.4. The van der Waals surface area contributed by atoms with Crippen LogP contribution in [0.25, 0.3) is 0 Å². The number of allylic oxidation sites excluding steroid dienone is 2. The molecule has 0 amide bonds. The van der Waals surface area contributed by atoms with E-state index in [1.165, 1.54) is 45.2 Å². The van der Waals surface area contributed by atoms with Crippen molar-refractivity contribution in [3.05, 3.63) is 12.2 Å². The molecule has 1 rings (SSSR count). The summed E-state index contributed by atoms with van der Waals surface area (Å²) in [5, 5.41) is 17.1. The van der Waals surface area contributed by atoms with Gasteiger partial charge in [-0.1, -0.05) is 107 Å². The van der Waals surface area contributed by atoms with Crippen LogP contribution in [-0.2, 0) is 4.74 Å². The molecule has 0 spiro atoms. The molecule has 0 saturated carbocycles. The molecule has 1 saturated heterocycles. The van der Waals surface area contributed by atoms with Gasteiger partial charge in [-0.05, 0) is 91.8 Å². The predicted molar refractivity (Wildman–Crippen MR) is 177 cm³/mol. The van der Waals surface area contributed by atoms with Crippen LogP contribution in [0.4, 0.5) is 0 Å². The van der Waals surface area contributed by atoms with Crippen LogP contribution in [-0.4, -0.2) is 61.2 Å². The summed E-state index contributed by atoms with van der Waals surface area (Å²) < 4.78 is 4.69. The van der Waals surface area contributed by atoms with Gasteiger partial charge in [0.1, 0.15) is 0 Å². The van der Waals surface area contributed by atoms with Crippen molar-refractivity contribution < 1.29 is 14.9 Å². The van der Waals surface area contributed by atoms with Crippen LogP contribution in [0.3, 0.4) is 0 Å². The van der Waals surface area contributed by atoms with Gasteiger partial charge in [-0.25, -0.2) is 0 Å². The van der Waals surface area contributed by atoms with E-state index in [9.17, 15) is 0 Å². The molecule has 0 radical (unpaired) electrons. The van der Waals surface area contributed by atoms with Gasteiger partial charge >= 0.3 is 0 Å². The minimum absolute atomic E-state index is 0.344. The summed E-state index contributed by atoms with van der Waals surface area (Å²) in [5.74, 6) is 1.86. The van der Waals surface area contributed by atoms with E-state index in [-0.39, 0.29) is 0 Å². The topological polar surface area (TPSA) is 52.9 Å². The molecule has 2 N–H and O–H groups in total. The number of hydrogen-bond acceptors (Lipinski definition) is 4. The minimum atomic E-state index is -0.450. The van der Waals surface area contributed by atoms with Gasteiger partial charge in [0.25, 0.3) is 0 Å². The molecule has 38 heavy (non-hydrogen) atoms. The van der Waals surface area contributed by atoms with Gasteiger partial charge in [0, 0.05) is 20.3 Å². The standard InChI is InChI=1S/C7H15N.C6H14O.C5H12.2C4H10O.C4H10.C4H8/c1-7-3-5-8(2)6-4-7;1-4-5-6(2,3)7;1-4-5(2)3;1-3-4-5-2;1-2-3-4-5;2*1-3-4-2/h7H,3-6H2,1-2H3;7H,4-5H2,1-3H3;5H,4H2,1-3H3;3-4H2,1-2H3;5H,2-4H2,1H3;3-4H2,1-2H3;3-4H,1-2H3/b;;;;;;4-3+. The first-order valence-electron chi connectivity index (χ1n) is 15.9. The fourth-order valence-electron chi connectivity index (χ4n) is 2.11. The highest BCUT2D eigenvalue weighted by atomic mass is 16.5. The summed E-state index contributed by atoms with van der Waals surface area (Å²) in [5.41, 5.74) is -0.450. The van der Waals surface area contributed by atoms with E-state index in [1.54, 1.807) is 7.11 Å². The van der Waals surface area contributed by atoms with E-state index in [0.29, 0.717) is 6.61 Å². The number of piperidine rings is 1. The Morgan fingerprint density at radius 2 is 1.29 bits per heavy atom. The van der Waals surface area contributed by atoms with Crippen molar-refractivity contribution in [3.63, 3.8) is 0 Å². The van der Waals surface area contributed by atoms with Gasteiger partial charge in [0.2, 0.25) is 0 Å². The molecule has 1 aliphatic rings. The highest BCUT2D eigenvalue weighted by Gasteiger charge is 2.10. The third-order valence-electron chi connectivity index (χ3n) is 5.44. The SMILES string of the molecule is C/C=C/C.CC1CCN(C)CC1.CCC(C)C.CCCC.CCCC(C)(C)O.CCCCO.CCCOC. The smallest absolute Gasteiger partial charge is 0.0591 e. The van der Waals surface area contributed by atoms with E-state index in [0.717, 1.165) is 50.5 Å². The van der Waals surface area contributed by atoms with Crippen LogP contribution in [0.5, 0.6) is 0 Å². The van der Waals surface area contributed by atoms with Crippen LogP contribution < -0.4 is 0 Å². The highest BCUT2D eigenvalue weighted by Crippen LogP contribution is 2.13. The summed E-state index contributed by atoms with van der Waals surface area (Å²) in [6.07, 6.45) is 15.9. The Morgan fingerprint density at radius 3 is 1.37 bits per heavy atom. The molecule has 0 aromatic carbocycles. The summed E-state index contributed by atoms with van der Waals surface area (Å²) >= 11 is 0. The number of aliphatic hydroxyl groups excluding tert-OH is 1. The van der Waals surface area contributed by atoms with Crippen LogP contribution in [0.2, 0.25) is 0 Å². The molecule has 0 unspecified atom stereocenters. The van der Waals surface area contributed by atoms with Crippen molar-refractivity contribution in [2.24, 2.45) is 11.8 Å². The second-order valence-electron chi connectivity index (χ2n) is 11.1. The van der Waals surface area contributed by atoms with E-state index in [4.69, 9.17) is 14.9 Å². The molecule has 4 heteroatoms. The van der Waals surface area contributed by atoms with Crippen LogP contribution in [0.15, 0.2) is 12.2 Å². The zero-order chi connectivity index (χ0) is 31.3. The lowest BCUT2D eigenvalue weighted by molar-refractivity contribution is 0.0703. The van der Waals surface area contributed by atoms with Crippen molar-refractivity contribution in [3.8, 4) is 0 Å². The Bertz CT molecular complexity index is 331. The number of nitrogens with zero attached hydrogens (tertiary/aromatic N) is 1. The van der Waals surface area contributed by atoms with Crippen molar-refractivity contribution in [2.75, 3.05) is 40.5 Å².